The maximum Gasteiger partial charge on any atom is 0.327 e. The number of carboxylic acids is 1. The summed E-state index contributed by atoms with van der Waals surface area (Å²) in [4.78, 5) is 62.1. The van der Waals surface area contributed by atoms with Crippen LogP contribution in [0.15, 0.2) is 29.2 Å². The van der Waals surface area contributed by atoms with Crippen molar-refractivity contribution in [3.05, 3.63) is 34.7 Å². The van der Waals surface area contributed by atoms with E-state index < -0.39 is 42.1 Å². The number of carbonyl (C=O) groups is 5. The Morgan fingerprint density at radius 1 is 1.21 bits per heavy atom. The molecule has 0 radical (unpaired) electrons. The number of nitrogens with zero attached hydrogens (tertiary/aromatic N) is 2. The Morgan fingerprint density at radius 3 is 2.43 bits per heavy atom. The fourth-order valence-electron chi connectivity index (χ4n) is 3.03. The number of hydrogen-bond donors (Lipinski definition) is 2. The molecule has 0 aromatic heterocycles. The number of anilines is 1. The molecule has 11 heteroatoms. The molecule has 0 saturated carbocycles. The van der Waals surface area contributed by atoms with Crippen LogP contribution in [0.2, 0.25) is 0 Å². The lowest BCUT2D eigenvalue weighted by molar-refractivity contribution is -0.146. The molecule has 0 aliphatic carbocycles. The minimum atomic E-state index is -1.58. The first-order chi connectivity index (χ1) is 13.1. The molecule has 1 unspecified atom stereocenters. The molecule has 2 aliphatic rings. The lowest BCUT2D eigenvalue weighted by Gasteiger charge is -2.21. The van der Waals surface area contributed by atoms with Gasteiger partial charge in [0.25, 0.3) is 11.8 Å². The first kappa shape index (κ1) is 19.7. The summed E-state index contributed by atoms with van der Waals surface area (Å²) in [5.74, 6) is -4.42. The topological polar surface area (TPSA) is 138 Å². The largest absolute Gasteiger partial charge is 0.480 e. The Morgan fingerprint density at radius 2 is 1.86 bits per heavy atom. The van der Waals surface area contributed by atoms with E-state index in [0.717, 1.165) is 21.6 Å². The molecule has 9 nitrogen and oxygen atoms in total. The third-order valence-electron chi connectivity index (χ3n) is 4.16. The fourth-order valence-corrected chi connectivity index (χ4v) is 4.46. The maximum atomic E-state index is 13.0. The molecule has 4 amide bonds. The van der Waals surface area contributed by atoms with Crippen LogP contribution in [-0.4, -0.2) is 50.0 Å². The first-order valence-corrected chi connectivity index (χ1v) is 9.12. The smallest absolute Gasteiger partial charge is 0.327 e. The summed E-state index contributed by atoms with van der Waals surface area (Å²) < 4.78 is -0.118. The van der Waals surface area contributed by atoms with Gasteiger partial charge in [-0.15, -0.1) is 0 Å². The van der Waals surface area contributed by atoms with Crippen molar-refractivity contribution in [2.45, 2.75) is 19.4 Å². The number of benzene rings is 1. The predicted octanol–water partition coefficient (Wildman–Crippen LogP) is 0.480. The summed E-state index contributed by atoms with van der Waals surface area (Å²) in [6.45, 7) is 1.22. The molecule has 1 aromatic carbocycles. The highest BCUT2D eigenvalue weighted by Gasteiger charge is 2.46. The van der Waals surface area contributed by atoms with E-state index in [1.807, 2.05) is 0 Å². The molecular weight excluding hydrogens is 406 g/mol. The van der Waals surface area contributed by atoms with Gasteiger partial charge in [-0.1, -0.05) is 42.2 Å². The van der Waals surface area contributed by atoms with Crippen molar-refractivity contribution in [1.82, 2.24) is 4.90 Å². The second kappa shape index (κ2) is 7.17. The monoisotopic (exact) mass is 419 g/mol. The van der Waals surface area contributed by atoms with Crippen LogP contribution < -0.4 is 10.6 Å². The number of primary amides is 1. The molecule has 144 valence electrons. The molecular formula is C17H13N3O6S2. The van der Waals surface area contributed by atoms with Crippen LogP contribution >= 0.6 is 24.0 Å². The van der Waals surface area contributed by atoms with Gasteiger partial charge in [0.1, 0.15) is 10.4 Å². The average Bonchev–Trinajstić information content (AvgIpc) is 3.05. The van der Waals surface area contributed by atoms with Gasteiger partial charge in [0.05, 0.1) is 22.6 Å². The van der Waals surface area contributed by atoms with Crippen LogP contribution in [0.1, 0.15) is 18.9 Å². The molecule has 1 fully saturated rings. The second-order valence-corrected chi connectivity index (χ2v) is 7.59. The van der Waals surface area contributed by atoms with E-state index in [1.165, 1.54) is 6.92 Å². The zero-order chi connectivity index (χ0) is 20.7. The number of aliphatic carboxylic acids is 1. The summed E-state index contributed by atoms with van der Waals surface area (Å²) in [7, 11) is 0. The molecule has 2 aliphatic heterocycles. The van der Waals surface area contributed by atoms with Gasteiger partial charge >= 0.3 is 5.97 Å². The SMILES string of the molecule is CC(=O)N1C(=O)/C(=C2\SC(=S)N(C(CC(N)=O)C(=O)O)C2=O)c2ccccc21. The van der Waals surface area contributed by atoms with Crippen molar-refractivity contribution < 1.29 is 29.1 Å². The lowest BCUT2D eigenvalue weighted by atomic mass is 10.1. The molecule has 3 N–H and O–H groups in total. The van der Waals surface area contributed by atoms with E-state index in [-0.39, 0.29) is 14.8 Å². The Balaban J connectivity index is 2.13. The van der Waals surface area contributed by atoms with E-state index >= 15 is 0 Å². The van der Waals surface area contributed by atoms with Crippen LogP contribution in [0.4, 0.5) is 5.69 Å². The van der Waals surface area contributed by atoms with Crippen molar-refractivity contribution in [1.29, 1.82) is 0 Å². The van der Waals surface area contributed by atoms with E-state index in [2.05, 4.69) is 0 Å². The molecule has 1 aromatic rings. The quantitative estimate of drug-likeness (QED) is 0.531. The lowest BCUT2D eigenvalue weighted by Crippen LogP contribution is -2.46. The summed E-state index contributed by atoms with van der Waals surface area (Å²) in [6.07, 6.45) is -0.630. The Bertz CT molecular complexity index is 1000. The molecule has 28 heavy (non-hydrogen) atoms. The van der Waals surface area contributed by atoms with Crippen LogP contribution in [0.25, 0.3) is 5.57 Å². The van der Waals surface area contributed by atoms with Crippen LogP contribution in [0.5, 0.6) is 0 Å². The highest BCUT2D eigenvalue weighted by molar-refractivity contribution is 8.26. The number of amides is 4. The minimum Gasteiger partial charge on any atom is -0.480 e. The fraction of sp³-hybridized carbons (Fsp3) is 0.176. The standard InChI is InChI=1S/C17H13N3O6S2/c1-7(21)19-9-5-3-2-4-8(9)12(14(19)23)13-15(24)20(17(27)28-13)10(16(25)26)6-11(18)22/h2-5,10H,6H2,1H3,(H2,18,22)(H,25,26)/b13-12-. The Kier molecular flexibility index (Phi) is 5.04. The summed E-state index contributed by atoms with van der Waals surface area (Å²) >= 11 is 5.87. The minimum absolute atomic E-state index is 0.0335. The summed E-state index contributed by atoms with van der Waals surface area (Å²) in [5, 5.41) is 9.39. The van der Waals surface area contributed by atoms with Gasteiger partial charge in [-0.25, -0.2) is 9.69 Å². The van der Waals surface area contributed by atoms with Crippen molar-refractivity contribution in [3.8, 4) is 0 Å². The zero-order valence-electron chi connectivity index (χ0n) is 14.4. The molecule has 1 atom stereocenters. The molecule has 2 heterocycles. The van der Waals surface area contributed by atoms with E-state index in [1.54, 1.807) is 24.3 Å². The third kappa shape index (κ3) is 3.08. The van der Waals surface area contributed by atoms with Gasteiger partial charge in [-0.3, -0.25) is 24.1 Å². The van der Waals surface area contributed by atoms with Crippen molar-refractivity contribution in [2.24, 2.45) is 5.73 Å². The van der Waals surface area contributed by atoms with Crippen molar-refractivity contribution in [3.63, 3.8) is 0 Å². The van der Waals surface area contributed by atoms with Crippen molar-refractivity contribution >= 4 is 69.2 Å². The maximum absolute atomic E-state index is 13.0. The summed E-state index contributed by atoms with van der Waals surface area (Å²) in [6, 6.07) is 4.84. The van der Waals surface area contributed by atoms with E-state index in [4.69, 9.17) is 18.0 Å². The number of imide groups is 1. The average molecular weight is 419 g/mol. The number of carboxylic acid groups (broad SMARTS) is 1. The number of hydrogen-bond acceptors (Lipinski definition) is 7. The zero-order valence-corrected chi connectivity index (χ0v) is 16.0. The number of nitrogens with two attached hydrogens (primary N) is 1. The van der Waals surface area contributed by atoms with E-state index in [9.17, 15) is 29.1 Å². The first-order valence-electron chi connectivity index (χ1n) is 7.90. The number of carbonyl (C=O) groups excluding carboxylic acids is 4. The highest BCUT2D eigenvalue weighted by atomic mass is 32.2. The van der Waals surface area contributed by atoms with Gasteiger partial charge in [0.2, 0.25) is 11.8 Å². The van der Waals surface area contributed by atoms with Crippen LogP contribution in [0, 0.1) is 0 Å². The third-order valence-corrected chi connectivity index (χ3v) is 5.56. The molecule has 1 saturated heterocycles. The number of fused-ring (bicyclic) bond motifs is 1. The van der Waals surface area contributed by atoms with Gasteiger partial charge < -0.3 is 10.8 Å². The molecule has 3 rings (SSSR count). The number of rotatable bonds is 4. The number of para-hydroxylation sites is 1. The van der Waals surface area contributed by atoms with Crippen molar-refractivity contribution in [2.75, 3.05) is 4.90 Å². The normalized spacial score (nSPS) is 19.8. The van der Waals surface area contributed by atoms with Gasteiger partial charge in [-0.2, -0.15) is 0 Å². The summed E-state index contributed by atoms with van der Waals surface area (Å²) in [5.41, 5.74) is 5.74. The van der Waals surface area contributed by atoms with Gasteiger partial charge in [-0.05, 0) is 6.07 Å². The van der Waals surface area contributed by atoms with Gasteiger partial charge in [0.15, 0.2) is 0 Å². The predicted molar refractivity (Wildman–Crippen MR) is 104 cm³/mol. The number of thiocarbonyl (C=S) groups is 1. The van der Waals surface area contributed by atoms with Gasteiger partial charge in [0, 0.05) is 12.5 Å². The van der Waals surface area contributed by atoms with Crippen LogP contribution in [0.3, 0.4) is 0 Å². The number of thioether (sulfide) groups is 1. The molecule has 0 bridgehead atoms. The van der Waals surface area contributed by atoms with Crippen LogP contribution in [-0.2, 0) is 24.0 Å². The molecule has 0 spiro atoms. The van der Waals surface area contributed by atoms with E-state index in [0.29, 0.717) is 11.3 Å². The highest BCUT2D eigenvalue weighted by Crippen LogP contribution is 2.45. The second-order valence-electron chi connectivity index (χ2n) is 5.95. The Labute approximate surface area is 168 Å². The Hall–Kier alpha value is -3.05.